The molecule has 0 fully saturated rings. The van der Waals surface area contributed by atoms with Gasteiger partial charge in [0.1, 0.15) is 11.6 Å². The number of hydrogen-bond acceptors (Lipinski definition) is 4. The Balaban J connectivity index is 1.43. The fourth-order valence-electron chi connectivity index (χ4n) is 5.27. The zero-order valence-electron chi connectivity index (χ0n) is 26.2. The van der Waals surface area contributed by atoms with Crippen molar-refractivity contribution < 1.29 is 14.6 Å². The first kappa shape index (κ1) is 31.8. The van der Waals surface area contributed by atoms with Gasteiger partial charge in [-0.05, 0) is 71.6 Å². The highest BCUT2D eigenvalue weighted by molar-refractivity contribution is 5.74. The lowest BCUT2D eigenvalue weighted by molar-refractivity contribution is -0.136. The molecule has 1 aromatic heterocycles. The highest BCUT2D eigenvalue weighted by Crippen LogP contribution is 2.28. The summed E-state index contributed by atoms with van der Waals surface area (Å²) in [5.41, 5.74) is 6.27. The minimum atomic E-state index is -0.881. The van der Waals surface area contributed by atoms with Crippen LogP contribution in [0.2, 0.25) is 0 Å². The fraction of sp³-hybridized carbons (Fsp3) is 0.417. The summed E-state index contributed by atoms with van der Waals surface area (Å²) < 4.78 is 9.09. The lowest BCUT2D eigenvalue weighted by Gasteiger charge is -2.19. The van der Waals surface area contributed by atoms with Crippen LogP contribution in [0.15, 0.2) is 71.5 Å². The van der Waals surface area contributed by atoms with Crippen LogP contribution in [0.4, 0.5) is 0 Å². The van der Waals surface area contributed by atoms with E-state index in [9.17, 15) is 14.7 Å². The van der Waals surface area contributed by atoms with Gasteiger partial charge in [-0.2, -0.15) is 5.10 Å². The number of rotatable bonds is 14. The first-order valence-corrected chi connectivity index (χ1v) is 15.4. The SMILES string of the molecule is CCCCn1c(CCCc2ccc(-c3ccc(OCC)c(CC(=O)O)c3)cc2)nn(Cc2ccc(C(C)(C)C)cc2)c1=O. The maximum absolute atomic E-state index is 13.3. The van der Waals surface area contributed by atoms with E-state index in [0.29, 0.717) is 31.0 Å². The smallest absolute Gasteiger partial charge is 0.346 e. The van der Waals surface area contributed by atoms with E-state index in [1.165, 1.54) is 11.1 Å². The van der Waals surface area contributed by atoms with E-state index in [4.69, 9.17) is 9.84 Å². The van der Waals surface area contributed by atoms with Crippen LogP contribution in [0.25, 0.3) is 11.1 Å². The Morgan fingerprint density at radius 1 is 0.884 bits per heavy atom. The number of aliphatic carboxylic acids is 1. The standard InChI is InChI=1S/C36H45N3O4/c1-6-8-22-38-33(37-39(35(38)42)25-27-14-19-31(20-15-27)36(3,4)5)11-9-10-26-12-16-28(17-13-26)29-18-21-32(43-7-2)30(23-29)24-34(40)41/h12-21,23H,6-11,22,24-25H2,1-5H3,(H,40,41). The number of hydrogen-bond donors (Lipinski definition) is 1. The summed E-state index contributed by atoms with van der Waals surface area (Å²) in [6.07, 6.45) is 4.37. The molecule has 0 amide bonds. The number of ether oxygens (including phenoxy) is 1. The molecule has 0 unspecified atom stereocenters. The maximum atomic E-state index is 13.3. The number of nitrogens with zero attached hydrogens (tertiary/aromatic N) is 3. The number of unbranched alkanes of at least 4 members (excludes halogenated alkanes) is 1. The zero-order chi connectivity index (χ0) is 31.0. The van der Waals surface area contributed by atoms with Gasteiger partial charge in [0.25, 0.3) is 0 Å². The van der Waals surface area contributed by atoms with E-state index >= 15 is 0 Å². The summed E-state index contributed by atoms with van der Waals surface area (Å²) >= 11 is 0. The molecule has 0 aliphatic heterocycles. The maximum Gasteiger partial charge on any atom is 0.346 e. The van der Waals surface area contributed by atoms with E-state index < -0.39 is 5.97 Å². The quantitative estimate of drug-likeness (QED) is 0.172. The molecular weight excluding hydrogens is 538 g/mol. The van der Waals surface area contributed by atoms with Gasteiger partial charge in [-0.3, -0.25) is 9.36 Å². The summed E-state index contributed by atoms with van der Waals surface area (Å²) in [7, 11) is 0. The third-order valence-corrected chi connectivity index (χ3v) is 7.74. The van der Waals surface area contributed by atoms with Crippen molar-refractivity contribution in [3.05, 3.63) is 105 Å². The van der Waals surface area contributed by atoms with E-state index in [1.807, 2.05) is 29.7 Å². The summed E-state index contributed by atoms with van der Waals surface area (Å²) in [5, 5.41) is 14.1. The van der Waals surface area contributed by atoms with Crippen LogP contribution in [0.5, 0.6) is 5.75 Å². The number of benzene rings is 3. The Morgan fingerprint density at radius 3 is 2.19 bits per heavy atom. The molecule has 0 saturated carbocycles. The molecule has 0 saturated heterocycles. The van der Waals surface area contributed by atoms with Gasteiger partial charge in [0.15, 0.2) is 0 Å². The highest BCUT2D eigenvalue weighted by Gasteiger charge is 2.16. The van der Waals surface area contributed by atoms with Crippen LogP contribution in [0.3, 0.4) is 0 Å². The number of aryl methyl sites for hydroxylation is 2. The Hall–Kier alpha value is -4.13. The van der Waals surface area contributed by atoms with Crippen LogP contribution in [0, 0.1) is 0 Å². The predicted molar refractivity (Wildman–Crippen MR) is 172 cm³/mol. The van der Waals surface area contributed by atoms with Gasteiger partial charge in [-0.25, -0.2) is 9.48 Å². The molecule has 0 aliphatic carbocycles. The number of carboxylic acids is 1. The molecule has 1 heterocycles. The topological polar surface area (TPSA) is 86.3 Å². The second-order valence-electron chi connectivity index (χ2n) is 12.2. The average molecular weight is 584 g/mol. The van der Waals surface area contributed by atoms with Crippen molar-refractivity contribution in [2.75, 3.05) is 6.61 Å². The zero-order valence-corrected chi connectivity index (χ0v) is 26.2. The Morgan fingerprint density at radius 2 is 1.56 bits per heavy atom. The van der Waals surface area contributed by atoms with Gasteiger partial charge in [0.05, 0.1) is 19.6 Å². The van der Waals surface area contributed by atoms with Crippen molar-refractivity contribution in [1.82, 2.24) is 14.3 Å². The van der Waals surface area contributed by atoms with Gasteiger partial charge in [-0.1, -0.05) is 88.7 Å². The largest absolute Gasteiger partial charge is 0.494 e. The molecule has 0 atom stereocenters. The van der Waals surface area contributed by atoms with Crippen LogP contribution in [-0.4, -0.2) is 32.0 Å². The summed E-state index contributed by atoms with van der Waals surface area (Å²) in [4.78, 5) is 24.7. The molecule has 0 radical (unpaired) electrons. The van der Waals surface area contributed by atoms with E-state index in [2.05, 4.69) is 76.2 Å². The van der Waals surface area contributed by atoms with Crippen molar-refractivity contribution >= 4 is 5.97 Å². The number of carboxylic acid groups (broad SMARTS) is 1. The van der Waals surface area contributed by atoms with Crippen molar-refractivity contribution in [3.63, 3.8) is 0 Å². The van der Waals surface area contributed by atoms with Gasteiger partial charge in [-0.15, -0.1) is 0 Å². The van der Waals surface area contributed by atoms with Gasteiger partial charge < -0.3 is 9.84 Å². The lowest BCUT2D eigenvalue weighted by Crippen LogP contribution is -2.26. The normalized spacial score (nSPS) is 11.6. The van der Waals surface area contributed by atoms with Gasteiger partial charge >= 0.3 is 11.7 Å². The molecule has 0 spiro atoms. The summed E-state index contributed by atoms with van der Waals surface area (Å²) in [6, 6.07) is 22.6. The van der Waals surface area contributed by atoms with Crippen LogP contribution in [0.1, 0.15) is 82.0 Å². The van der Waals surface area contributed by atoms with Crippen molar-refractivity contribution in [2.24, 2.45) is 0 Å². The Labute approximate surface area is 255 Å². The molecule has 7 nitrogen and oxygen atoms in total. The molecule has 3 aromatic carbocycles. The average Bonchev–Trinajstić information content (AvgIpc) is 3.26. The third-order valence-electron chi connectivity index (χ3n) is 7.74. The number of aromatic nitrogens is 3. The minimum absolute atomic E-state index is 0.0367. The molecule has 1 N–H and O–H groups in total. The van der Waals surface area contributed by atoms with Crippen molar-refractivity contribution in [1.29, 1.82) is 0 Å². The number of carbonyl (C=O) groups is 1. The monoisotopic (exact) mass is 583 g/mol. The van der Waals surface area contributed by atoms with E-state index in [-0.39, 0.29) is 17.5 Å². The first-order chi connectivity index (χ1) is 20.6. The molecule has 0 aliphatic rings. The predicted octanol–water partition coefficient (Wildman–Crippen LogP) is 7.06. The molecule has 43 heavy (non-hydrogen) atoms. The summed E-state index contributed by atoms with van der Waals surface area (Å²) in [6.45, 7) is 12.3. The second kappa shape index (κ2) is 14.4. The fourth-order valence-corrected chi connectivity index (χ4v) is 5.27. The van der Waals surface area contributed by atoms with Crippen molar-refractivity contribution in [2.45, 2.75) is 91.6 Å². The van der Waals surface area contributed by atoms with Crippen LogP contribution in [-0.2, 0) is 42.6 Å². The van der Waals surface area contributed by atoms with Crippen LogP contribution < -0.4 is 10.4 Å². The van der Waals surface area contributed by atoms with Gasteiger partial charge in [0.2, 0.25) is 0 Å². The van der Waals surface area contributed by atoms with Crippen molar-refractivity contribution in [3.8, 4) is 16.9 Å². The second-order valence-corrected chi connectivity index (χ2v) is 12.2. The van der Waals surface area contributed by atoms with E-state index in [0.717, 1.165) is 54.6 Å². The molecule has 4 rings (SSSR count). The molecule has 7 heteroatoms. The molecule has 0 bridgehead atoms. The van der Waals surface area contributed by atoms with E-state index in [1.54, 1.807) is 4.68 Å². The first-order valence-electron chi connectivity index (χ1n) is 15.4. The Kier molecular flexibility index (Phi) is 10.6. The Bertz CT molecular complexity index is 1560. The lowest BCUT2D eigenvalue weighted by atomic mass is 9.87. The third kappa shape index (κ3) is 8.46. The van der Waals surface area contributed by atoms with Gasteiger partial charge in [0, 0.05) is 18.5 Å². The molecular formula is C36H45N3O4. The summed E-state index contributed by atoms with van der Waals surface area (Å²) in [5.74, 6) is 0.582. The highest BCUT2D eigenvalue weighted by atomic mass is 16.5. The van der Waals surface area contributed by atoms with Crippen LogP contribution >= 0.6 is 0 Å². The molecule has 228 valence electrons. The molecule has 4 aromatic rings. The minimum Gasteiger partial charge on any atom is -0.494 e.